The standard InChI is InChI=1S/C27H32N2O5/c1-7-23(31)29-19-11-9-8-10-17(19)28-18-14-27(2,3)15-20(30)24(18)25(29)16-12-21(32-4)26(34-6)22(13-16)33-5/h8-13,25,28H,7,14-15H2,1-6H3/t25-/m0/s1. The van der Waals surface area contributed by atoms with Gasteiger partial charge in [-0.3, -0.25) is 14.5 Å². The summed E-state index contributed by atoms with van der Waals surface area (Å²) in [4.78, 5) is 28.9. The van der Waals surface area contributed by atoms with Crippen molar-refractivity contribution in [2.24, 2.45) is 5.41 Å². The molecule has 2 aromatic rings. The number of carbonyl (C=O) groups is 2. The molecule has 180 valence electrons. The summed E-state index contributed by atoms with van der Waals surface area (Å²) in [7, 11) is 4.66. The molecular weight excluding hydrogens is 432 g/mol. The second-order valence-electron chi connectivity index (χ2n) is 9.45. The number of benzene rings is 2. The molecule has 7 nitrogen and oxygen atoms in total. The quantitative estimate of drug-likeness (QED) is 0.650. The van der Waals surface area contributed by atoms with Gasteiger partial charge < -0.3 is 19.5 Å². The van der Waals surface area contributed by atoms with Crippen molar-refractivity contribution in [3.05, 3.63) is 53.2 Å². The number of anilines is 2. The Morgan fingerprint density at radius 2 is 1.71 bits per heavy atom. The highest BCUT2D eigenvalue weighted by Gasteiger charge is 2.43. The predicted molar refractivity (Wildman–Crippen MR) is 132 cm³/mol. The largest absolute Gasteiger partial charge is 0.493 e. The highest BCUT2D eigenvalue weighted by Crippen LogP contribution is 2.50. The number of rotatable bonds is 5. The molecule has 34 heavy (non-hydrogen) atoms. The van der Waals surface area contributed by atoms with Gasteiger partial charge in [-0.15, -0.1) is 0 Å². The van der Waals surface area contributed by atoms with Crippen molar-refractivity contribution in [3.63, 3.8) is 0 Å². The Balaban J connectivity index is 2.06. The minimum absolute atomic E-state index is 0.0270. The van der Waals surface area contributed by atoms with Crippen LogP contribution in [0.1, 0.15) is 51.6 Å². The van der Waals surface area contributed by atoms with E-state index in [1.807, 2.05) is 43.3 Å². The lowest BCUT2D eigenvalue weighted by atomic mass is 9.73. The topological polar surface area (TPSA) is 77.1 Å². The fourth-order valence-electron chi connectivity index (χ4n) is 5.01. The fraction of sp³-hybridized carbons (Fsp3) is 0.407. The molecule has 2 aliphatic rings. The van der Waals surface area contributed by atoms with Crippen molar-refractivity contribution in [2.75, 3.05) is 31.5 Å². The third-order valence-electron chi connectivity index (χ3n) is 6.47. The number of ether oxygens (including phenoxy) is 3. The van der Waals surface area contributed by atoms with E-state index in [1.54, 1.807) is 26.2 Å². The molecule has 7 heteroatoms. The Morgan fingerprint density at radius 1 is 1.06 bits per heavy atom. The Kier molecular flexibility index (Phi) is 6.30. The summed E-state index contributed by atoms with van der Waals surface area (Å²) in [6, 6.07) is 10.7. The zero-order chi connectivity index (χ0) is 24.6. The molecule has 0 aromatic heterocycles. The van der Waals surface area contributed by atoms with Gasteiger partial charge in [0.1, 0.15) is 0 Å². The number of methoxy groups -OCH3 is 3. The third kappa shape index (κ3) is 4.00. The number of para-hydroxylation sites is 2. The Hall–Kier alpha value is -3.48. The maximum absolute atomic E-state index is 13.7. The van der Waals surface area contributed by atoms with Crippen LogP contribution < -0.4 is 24.4 Å². The molecule has 0 bridgehead atoms. The number of hydrogen-bond donors (Lipinski definition) is 1. The molecule has 0 spiro atoms. The zero-order valence-electron chi connectivity index (χ0n) is 20.7. The minimum Gasteiger partial charge on any atom is -0.493 e. The summed E-state index contributed by atoms with van der Waals surface area (Å²) in [5, 5.41) is 3.51. The molecule has 2 aromatic carbocycles. The Labute approximate surface area is 200 Å². The molecule has 0 saturated carbocycles. The van der Waals surface area contributed by atoms with Crippen LogP contribution in [0.3, 0.4) is 0 Å². The number of amides is 1. The summed E-state index contributed by atoms with van der Waals surface area (Å²) in [6.07, 6.45) is 1.38. The SMILES string of the molecule is CCC(=O)N1c2ccccc2NC2=C(C(=O)CC(C)(C)C2)[C@@H]1c1cc(OC)c(OC)c(OC)c1. The third-order valence-corrected chi connectivity index (χ3v) is 6.47. The van der Waals surface area contributed by atoms with E-state index in [9.17, 15) is 9.59 Å². The van der Waals surface area contributed by atoms with Crippen LogP contribution in [0.2, 0.25) is 0 Å². The molecule has 1 atom stereocenters. The van der Waals surface area contributed by atoms with Crippen molar-refractivity contribution in [1.82, 2.24) is 0 Å². The second kappa shape index (κ2) is 9.05. The molecule has 0 saturated heterocycles. The monoisotopic (exact) mass is 464 g/mol. The van der Waals surface area contributed by atoms with Crippen LogP contribution in [0.5, 0.6) is 17.2 Å². The van der Waals surface area contributed by atoms with Gasteiger partial charge in [-0.2, -0.15) is 0 Å². The van der Waals surface area contributed by atoms with E-state index in [4.69, 9.17) is 14.2 Å². The first kappa shape index (κ1) is 23.7. The van der Waals surface area contributed by atoms with Gasteiger partial charge in [-0.05, 0) is 41.7 Å². The van der Waals surface area contributed by atoms with Gasteiger partial charge in [0, 0.05) is 24.1 Å². The predicted octanol–water partition coefficient (Wildman–Crippen LogP) is 5.27. The first-order valence-corrected chi connectivity index (χ1v) is 11.5. The Morgan fingerprint density at radius 3 is 2.29 bits per heavy atom. The van der Waals surface area contributed by atoms with Crippen molar-refractivity contribution in [2.45, 2.75) is 46.1 Å². The Bertz CT molecular complexity index is 1140. The number of Topliss-reactive ketones (excluding diaryl/α,β-unsaturated/α-hetero) is 1. The van der Waals surface area contributed by atoms with E-state index in [1.165, 1.54) is 0 Å². The van der Waals surface area contributed by atoms with Crippen molar-refractivity contribution >= 4 is 23.1 Å². The van der Waals surface area contributed by atoms with E-state index >= 15 is 0 Å². The molecule has 1 N–H and O–H groups in total. The average Bonchev–Trinajstić information content (AvgIpc) is 2.96. The molecule has 4 rings (SSSR count). The number of nitrogens with zero attached hydrogens (tertiary/aromatic N) is 1. The maximum Gasteiger partial charge on any atom is 0.227 e. The highest BCUT2D eigenvalue weighted by atomic mass is 16.5. The van der Waals surface area contributed by atoms with Gasteiger partial charge in [0.2, 0.25) is 11.7 Å². The van der Waals surface area contributed by atoms with Crippen LogP contribution >= 0.6 is 0 Å². The molecule has 0 radical (unpaired) electrons. The van der Waals surface area contributed by atoms with Crippen LogP contribution in [0.25, 0.3) is 0 Å². The van der Waals surface area contributed by atoms with Crippen LogP contribution in [-0.2, 0) is 9.59 Å². The van der Waals surface area contributed by atoms with Gasteiger partial charge in [0.25, 0.3) is 0 Å². The lowest BCUT2D eigenvalue weighted by Crippen LogP contribution is -2.39. The van der Waals surface area contributed by atoms with Crippen LogP contribution in [-0.4, -0.2) is 33.0 Å². The first-order chi connectivity index (χ1) is 16.2. The normalized spacial score (nSPS) is 18.9. The molecule has 1 aliphatic carbocycles. The van der Waals surface area contributed by atoms with E-state index in [0.29, 0.717) is 35.7 Å². The van der Waals surface area contributed by atoms with Gasteiger partial charge >= 0.3 is 0 Å². The van der Waals surface area contributed by atoms with Crippen LogP contribution in [0, 0.1) is 5.41 Å². The average molecular weight is 465 g/mol. The van der Waals surface area contributed by atoms with E-state index < -0.39 is 6.04 Å². The van der Waals surface area contributed by atoms with Crippen molar-refractivity contribution < 1.29 is 23.8 Å². The lowest BCUT2D eigenvalue weighted by Gasteiger charge is -2.37. The van der Waals surface area contributed by atoms with Gasteiger partial charge in [-0.25, -0.2) is 0 Å². The summed E-state index contributed by atoms with van der Waals surface area (Å²) in [6.45, 7) is 6.02. The van der Waals surface area contributed by atoms with Crippen molar-refractivity contribution in [3.8, 4) is 17.2 Å². The number of fused-ring (bicyclic) bond motifs is 1. The maximum atomic E-state index is 13.7. The summed E-state index contributed by atoms with van der Waals surface area (Å²) in [5.41, 5.74) is 3.51. The molecule has 1 aliphatic heterocycles. The van der Waals surface area contributed by atoms with Crippen LogP contribution in [0.15, 0.2) is 47.7 Å². The molecule has 1 heterocycles. The van der Waals surface area contributed by atoms with Gasteiger partial charge in [-0.1, -0.05) is 32.9 Å². The lowest BCUT2D eigenvalue weighted by molar-refractivity contribution is -0.119. The molecule has 0 fully saturated rings. The fourth-order valence-corrected chi connectivity index (χ4v) is 5.01. The van der Waals surface area contributed by atoms with E-state index in [-0.39, 0.29) is 23.5 Å². The summed E-state index contributed by atoms with van der Waals surface area (Å²) >= 11 is 0. The first-order valence-electron chi connectivity index (χ1n) is 11.5. The zero-order valence-corrected chi connectivity index (χ0v) is 20.7. The smallest absolute Gasteiger partial charge is 0.227 e. The molecule has 0 unspecified atom stereocenters. The minimum atomic E-state index is -0.643. The highest BCUT2D eigenvalue weighted by molar-refractivity contribution is 6.06. The van der Waals surface area contributed by atoms with Gasteiger partial charge in [0.05, 0.1) is 38.7 Å². The summed E-state index contributed by atoms with van der Waals surface area (Å²) < 4.78 is 16.7. The molecular formula is C27H32N2O5. The van der Waals surface area contributed by atoms with Gasteiger partial charge in [0.15, 0.2) is 17.3 Å². The van der Waals surface area contributed by atoms with Crippen molar-refractivity contribution in [1.29, 1.82) is 0 Å². The summed E-state index contributed by atoms with van der Waals surface area (Å²) in [5.74, 6) is 1.34. The number of ketones is 1. The number of hydrogen-bond acceptors (Lipinski definition) is 6. The van der Waals surface area contributed by atoms with Crippen LogP contribution in [0.4, 0.5) is 11.4 Å². The second-order valence-corrected chi connectivity index (χ2v) is 9.45. The number of carbonyl (C=O) groups excluding carboxylic acids is 2. The number of allylic oxidation sites excluding steroid dienone is 1. The van der Waals surface area contributed by atoms with E-state index in [0.717, 1.165) is 22.6 Å². The molecule has 1 amide bonds. The number of nitrogens with one attached hydrogen (secondary N) is 1. The van der Waals surface area contributed by atoms with E-state index in [2.05, 4.69) is 19.2 Å².